The Morgan fingerprint density at radius 2 is 1.91 bits per heavy atom. The maximum Gasteiger partial charge on any atom is 0.409 e. The highest BCUT2D eigenvalue weighted by atomic mass is 19.1. The smallest absolute Gasteiger partial charge is 0.409 e. The number of oxime groups is 1. The largest absolute Gasteiger partial charge is 0.489 e. The van der Waals surface area contributed by atoms with E-state index in [4.69, 9.17) is 33.7 Å². The highest BCUT2D eigenvalue weighted by Gasteiger charge is 2.65. The molecule has 7 atom stereocenters. The van der Waals surface area contributed by atoms with Crippen LogP contribution in [0, 0.1) is 23.6 Å². The van der Waals surface area contributed by atoms with Crippen molar-refractivity contribution in [3.05, 3.63) is 83.7 Å². The number of carbonyl (C=O) groups is 1. The maximum atomic E-state index is 14.6. The molecule has 1 saturated carbocycles. The van der Waals surface area contributed by atoms with Crippen molar-refractivity contribution in [3.63, 3.8) is 0 Å². The molecule has 0 bridgehead atoms. The quantitative estimate of drug-likeness (QED) is 0.0976. The Kier molecular flexibility index (Phi) is 13.7. The first-order valence-corrected chi connectivity index (χ1v) is 19.4. The van der Waals surface area contributed by atoms with Crippen LogP contribution in [0.25, 0.3) is 0 Å². The molecular weight excluding hydrogens is 695 g/mol. The van der Waals surface area contributed by atoms with E-state index in [0.717, 1.165) is 56.1 Å². The van der Waals surface area contributed by atoms with E-state index in [1.807, 2.05) is 18.2 Å². The number of fused-ring (bicyclic) bond motifs is 2. The maximum absolute atomic E-state index is 14.6. The lowest BCUT2D eigenvalue weighted by Crippen LogP contribution is -2.69. The second kappa shape index (κ2) is 18.6. The molecule has 0 aromatic heterocycles. The van der Waals surface area contributed by atoms with Crippen molar-refractivity contribution in [1.82, 2.24) is 4.90 Å². The predicted molar refractivity (Wildman–Crippen MR) is 201 cm³/mol. The molecule has 2 aliphatic carbocycles. The number of hydrogen-bond donors (Lipinski definition) is 2. The van der Waals surface area contributed by atoms with Crippen molar-refractivity contribution < 1.29 is 47.9 Å². The number of aliphatic hydroxyl groups excluding tert-OH is 2. The highest BCUT2D eigenvalue weighted by Crippen LogP contribution is 2.61. The summed E-state index contributed by atoms with van der Waals surface area (Å²) < 4.78 is 45.9. The number of allylic oxidation sites excluding steroid dienone is 1. The number of nitrogens with zero attached hydrogens (tertiary/aromatic N) is 2. The summed E-state index contributed by atoms with van der Waals surface area (Å²) in [6.07, 6.45) is 10.4. The Hall–Kier alpha value is -3.97. The molecule has 294 valence electrons. The Bertz CT molecular complexity index is 1650. The van der Waals surface area contributed by atoms with E-state index in [-0.39, 0.29) is 56.4 Å². The number of rotatable bonds is 17. The van der Waals surface area contributed by atoms with Crippen LogP contribution in [0.1, 0.15) is 81.3 Å². The molecule has 2 aromatic rings. The molecule has 2 aliphatic heterocycles. The summed E-state index contributed by atoms with van der Waals surface area (Å²) in [7, 11) is 3.03. The van der Waals surface area contributed by atoms with Crippen LogP contribution >= 0.6 is 0 Å². The molecule has 1 saturated heterocycles. The highest BCUT2D eigenvalue weighted by molar-refractivity contribution is 6.02. The first-order chi connectivity index (χ1) is 26.3. The van der Waals surface area contributed by atoms with E-state index < -0.39 is 30.1 Å². The van der Waals surface area contributed by atoms with E-state index in [1.54, 1.807) is 31.3 Å². The molecule has 0 spiro atoms. The molecule has 1 unspecified atom stereocenters. The third kappa shape index (κ3) is 8.46. The van der Waals surface area contributed by atoms with Crippen LogP contribution in [-0.4, -0.2) is 85.6 Å². The Balaban J connectivity index is 1.53. The number of methoxy groups -OCH3 is 1. The molecule has 11 nitrogen and oxygen atoms in total. The standard InChI is InChI=1S/C42H55FN2O9/c1-4-22-52-42-37(45(2)41(48)49-3)26-35(44-54-38-17-9-12-23-50-38)32-24-28(13-7-10-20-46)31(15-8-11-21-47)39(40(32)42)33-25-30(18-19-36(33)53-42)51-27-29-14-5-6-16-34(29)43/h4-6,14,16,18-19,24-25,28,31,37-40,46-47H,1,7-13,15,17,20-23,26-27H2,2-3H3/t28-,31+,37-,38?,39+,40+,42+/m0/s1. The Morgan fingerprint density at radius 3 is 2.63 bits per heavy atom. The predicted octanol–water partition coefficient (Wildman–Crippen LogP) is 7.26. The second-order valence-corrected chi connectivity index (χ2v) is 14.6. The van der Waals surface area contributed by atoms with Crippen LogP contribution in [0.2, 0.25) is 0 Å². The van der Waals surface area contributed by atoms with Crippen LogP contribution in [0.4, 0.5) is 9.18 Å². The third-order valence-corrected chi connectivity index (χ3v) is 11.3. The van der Waals surface area contributed by atoms with Crippen molar-refractivity contribution in [2.45, 2.75) is 94.9 Å². The molecule has 2 heterocycles. The summed E-state index contributed by atoms with van der Waals surface area (Å²) in [5.74, 6) is -1.14. The van der Waals surface area contributed by atoms with Gasteiger partial charge < -0.3 is 43.6 Å². The lowest BCUT2D eigenvalue weighted by atomic mass is 9.55. The number of benzene rings is 2. The topological polar surface area (TPSA) is 129 Å². The number of amides is 1. The fourth-order valence-electron chi connectivity index (χ4n) is 8.78. The molecule has 4 aliphatic rings. The van der Waals surface area contributed by atoms with E-state index in [1.165, 1.54) is 18.1 Å². The Labute approximate surface area is 317 Å². The number of hydrogen-bond acceptors (Lipinski definition) is 10. The summed E-state index contributed by atoms with van der Waals surface area (Å²) >= 11 is 0. The zero-order chi connectivity index (χ0) is 38.1. The minimum absolute atomic E-state index is 0.0467. The molecule has 2 fully saturated rings. The molecular formula is C42H55FN2O9. The fraction of sp³-hybridized carbons (Fsp3) is 0.571. The van der Waals surface area contributed by atoms with Crippen LogP contribution in [0.15, 0.2) is 71.9 Å². The van der Waals surface area contributed by atoms with E-state index >= 15 is 0 Å². The van der Waals surface area contributed by atoms with E-state index in [9.17, 15) is 19.4 Å². The van der Waals surface area contributed by atoms with Gasteiger partial charge in [0, 0.05) is 50.1 Å². The number of carbonyl (C=O) groups excluding carboxylic acids is 1. The lowest BCUT2D eigenvalue weighted by molar-refractivity contribution is -0.253. The molecule has 12 heteroatoms. The summed E-state index contributed by atoms with van der Waals surface area (Å²) in [5.41, 5.74) is 2.96. The molecule has 6 rings (SSSR count). The number of ether oxygens (including phenoxy) is 5. The first-order valence-electron chi connectivity index (χ1n) is 19.4. The summed E-state index contributed by atoms with van der Waals surface area (Å²) in [6, 6.07) is 11.5. The normalized spacial score (nSPS) is 27.9. The van der Waals surface area contributed by atoms with E-state index in [0.29, 0.717) is 42.2 Å². The second-order valence-electron chi connectivity index (χ2n) is 14.6. The van der Waals surface area contributed by atoms with Gasteiger partial charge in [-0.25, -0.2) is 9.18 Å². The number of aliphatic hydroxyl groups is 2. The van der Waals surface area contributed by atoms with Crippen molar-refractivity contribution in [2.24, 2.45) is 22.9 Å². The van der Waals surface area contributed by atoms with Crippen LogP contribution < -0.4 is 9.47 Å². The van der Waals surface area contributed by atoms with Crippen molar-refractivity contribution in [3.8, 4) is 11.5 Å². The minimum atomic E-state index is -1.39. The van der Waals surface area contributed by atoms with Gasteiger partial charge in [-0.15, -0.1) is 6.58 Å². The van der Waals surface area contributed by atoms with Gasteiger partial charge in [0.05, 0.1) is 32.0 Å². The van der Waals surface area contributed by atoms with Crippen LogP contribution in [0.3, 0.4) is 0 Å². The lowest BCUT2D eigenvalue weighted by Gasteiger charge is -2.59. The zero-order valence-electron chi connectivity index (χ0n) is 31.5. The zero-order valence-corrected chi connectivity index (χ0v) is 31.5. The first kappa shape index (κ1) is 39.7. The van der Waals surface area contributed by atoms with Crippen molar-refractivity contribution in [2.75, 3.05) is 40.6 Å². The molecule has 54 heavy (non-hydrogen) atoms. The summed E-state index contributed by atoms with van der Waals surface area (Å²) in [6.45, 7) is 4.93. The van der Waals surface area contributed by atoms with Crippen molar-refractivity contribution >= 4 is 11.8 Å². The molecule has 1 amide bonds. The van der Waals surface area contributed by atoms with E-state index in [2.05, 4.69) is 12.7 Å². The summed E-state index contributed by atoms with van der Waals surface area (Å²) in [4.78, 5) is 21.0. The Morgan fingerprint density at radius 1 is 1.11 bits per heavy atom. The SMILES string of the molecule is C=CCO[C@@]12Oc3ccc(OCc4ccccc4F)cc3[C@H]3[C@H](CCCCO)[C@@H](CCCCO)C=C(C(=NOC4CCCCO4)C[C@@H]1N(C)C(=O)OC)[C@H]32. The molecule has 2 N–H and O–H groups in total. The van der Waals surface area contributed by atoms with Gasteiger partial charge in [-0.1, -0.05) is 48.3 Å². The van der Waals surface area contributed by atoms with Gasteiger partial charge in [-0.2, -0.15) is 0 Å². The van der Waals surface area contributed by atoms with Gasteiger partial charge >= 0.3 is 6.09 Å². The van der Waals surface area contributed by atoms with Gasteiger partial charge in [0.2, 0.25) is 12.1 Å². The van der Waals surface area contributed by atoms with Crippen LogP contribution in [0.5, 0.6) is 11.5 Å². The number of likely N-dealkylation sites (N-methyl/N-ethyl adjacent to an activating group) is 1. The molecule has 2 aromatic carbocycles. The minimum Gasteiger partial charge on any atom is -0.489 e. The third-order valence-electron chi connectivity index (χ3n) is 11.3. The van der Waals surface area contributed by atoms with Gasteiger partial charge in [0.25, 0.3) is 0 Å². The fourth-order valence-corrected chi connectivity index (χ4v) is 8.78. The van der Waals surface area contributed by atoms with Gasteiger partial charge in [-0.05, 0) is 80.2 Å². The average molecular weight is 751 g/mol. The summed E-state index contributed by atoms with van der Waals surface area (Å²) in [5, 5.41) is 24.4. The monoisotopic (exact) mass is 750 g/mol. The van der Waals surface area contributed by atoms with Crippen molar-refractivity contribution in [1.29, 1.82) is 0 Å². The average Bonchev–Trinajstić information content (AvgIpc) is 3.20. The van der Waals surface area contributed by atoms with Gasteiger partial charge in [0.1, 0.15) is 30.0 Å². The molecule has 0 radical (unpaired) electrons. The van der Waals surface area contributed by atoms with Gasteiger partial charge in [-0.3, -0.25) is 0 Å². The number of halogens is 1. The number of unbranched alkanes of at least 4 members (excludes halogenated alkanes) is 2. The van der Waals surface area contributed by atoms with Gasteiger partial charge in [0.15, 0.2) is 0 Å². The van der Waals surface area contributed by atoms with Crippen LogP contribution in [-0.2, 0) is 25.7 Å².